The Morgan fingerprint density at radius 2 is 2.00 bits per heavy atom. The maximum Gasteiger partial charge on any atom is 0.161 e. The highest BCUT2D eigenvalue weighted by atomic mass is 16.5. The molecular formula is C17H21N3O2. The van der Waals surface area contributed by atoms with Crippen LogP contribution in [0.5, 0.6) is 11.5 Å². The summed E-state index contributed by atoms with van der Waals surface area (Å²) in [5, 5.41) is 0. The van der Waals surface area contributed by atoms with E-state index in [4.69, 9.17) is 9.47 Å². The third-order valence-electron chi connectivity index (χ3n) is 3.99. The smallest absolute Gasteiger partial charge is 0.161 e. The fourth-order valence-corrected chi connectivity index (χ4v) is 2.85. The first-order chi connectivity index (χ1) is 10.7. The van der Waals surface area contributed by atoms with Gasteiger partial charge in [0, 0.05) is 43.5 Å². The van der Waals surface area contributed by atoms with Crippen molar-refractivity contribution in [3.8, 4) is 11.5 Å². The Hall–Kier alpha value is -2.14. The molecule has 2 aromatic rings. The van der Waals surface area contributed by atoms with Crippen molar-refractivity contribution >= 4 is 0 Å². The molecule has 116 valence electrons. The van der Waals surface area contributed by atoms with Gasteiger partial charge in [0.05, 0.1) is 14.2 Å². The van der Waals surface area contributed by atoms with Crippen molar-refractivity contribution in [3.05, 3.63) is 47.0 Å². The number of aryl methyl sites for hydroxylation is 1. The minimum Gasteiger partial charge on any atom is -0.493 e. The monoisotopic (exact) mass is 299 g/mol. The van der Waals surface area contributed by atoms with Crippen LogP contribution in [0.25, 0.3) is 0 Å². The molecular weight excluding hydrogens is 278 g/mol. The van der Waals surface area contributed by atoms with Gasteiger partial charge in [-0.1, -0.05) is 6.07 Å². The van der Waals surface area contributed by atoms with Gasteiger partial charge in [-0.15, -0.1) is 0 Å². The number of hydrogen-bond acceptors (Lipinski definition) is 5. The second kappa shape index (κ2) is 6.32. The average Bonchev–Trinajstić information content (AvgIpc) is 2.55. The van der Waals surface area contributed by atoms with Crippen LogP contribution >= 0.6 is 0 Å². The lowest BCUT2D eigenvalue weighted by Gasteiger charge is -2.28. The van der Waals surface area contributed by atoms with Gasteiger partial charge in [0.15, 0.2) is 11.5 Å². The maximum absolute atomic E-state index is 5.37. The summed E-state index contributed by atoms with van der Waals surface area (Å²) < 4.78 is 10.7. The zero-order valence-corrected chi connectivity index (χ0v) is 13.3. The van der Waals surface area contributed by atoms with Crippen molar-refractivity contribution in [1.82, 2.24) is 14.9 Å². The number of methoxy groups -OCH3 is 2. The maximum atomic E-state index is 5.37. The molecule has 5 nitrogen and oxygen atoms in total. The van der Waals surface area contributed by atoms with E-state index < -0.39 is 0 Å². The van der Waals surface area contributed by atoms with E-state index in [1.165, 1.54) is 16.8 Å². The first kappa shape index (κ1) is 14.8. The van der Waals surface area contributed by atoms with Crippen LogP contribution < -0.4 is 9.47 Å². The van der Waals surface area contributed by atoms with Crippen LogP contribution in [0.4, 0.5) is 0 Å². The first-order valence-corrected chi connectivity index (χ1v) is 7.44. The van der Waals surface area contributed by atoms with Crippen LogP contribution in [0.1, 0.15) is 22.6 Å². The third-order valence-corrected chi connectivity index (χ3v) is 3.99. The zero-order chi connectivity index (χ0) is 15.5. The average molecular weight is 299 g/mol. The van der Waals surface area contributed by atoms with Gasteiger partial charge in [-0.3, -0.25) is 4.90 Å². The standard InChI is InChI=1S/C17H21N3O2/c1-12-18-9-14-11-20(7-6-15(14)19-12)10-13-4-5-16(21-2)17(8-13)22-3/h4-5,8-9H,6-7,10-11H2,1-3H3. The Bertz CT molecular complexity index is 673. The number of fused-ring (bicyclic) bond motifs is 1. The predicted molar refractivity (Wildman–Crippen MR) is 84.1 cm³/mol. The lowest BCUT2D eigenvalue weighted by molar-refractivity contribution is 0.242. The summed E-state index contributed by atoms with van der Waals surface area (Å²) >= 11 is 0. The third kappa shape index (κ3) is 3.04. The van der Waals surface area contributed by atoms with E-state index in [1.54, 1.807) is 14.2 Å². The Morgan fingerprint density at radius 1 is 1.18 bits per heavy atom. The summed E-state index contributed by atoms with van der Waals surface area (Å²) in [4.78, 5) is 11.2. The summed E-state index contributed by atoms with van der Waals surface area (Å²) in [6.45, 7) is 4.73. The van der Waals surface area contributed by atoms with E-state index in [9.17, 15) is 0 Å². The summed E-state index contributed by atoms with van der Waals surface area (Å²) in [5.74, 6) is 2.39. The van der Waals surface area contributed by atoms with Crippen LogP contribution in [0, 0.1) is 6.92 Å². The number of rotatable bonds is 4. The highest BCUT2D eigenvalue weighted by Crippen LogP contribution is 2.28. The fourth-order valence-electron chi connectivity index (χ4n) is 2.85. The summed E-state index contributed by atoms with van der Waals surface area (Å²) in [5.41, 5.74) is 3.64. The predicted octanol–water partition coefficient (Wildman–Crippen LogP) is 2.36. The number of nitrogens with zero attached hydrogens (tertiary/aromatic N) is 3. The van der Waals surface area contributed by atoms with Crippen LogP contribution in [0.15, 0.2) is 24.4 Å². The van der Waals surface area contributed by atoms with Gasteiger partial charge in [0.2, 0.25) is 0 Å². The summed E-state index contributed by atoms with van der Waals surface area (Å²) in [6, 6.07) is 6.08. The van der Waals surface area contributed by atoms with Crippen molar-refractivity contribution in [2.45, 2.75) is 26.4 Å². The molecule has 22 heavy (non-hydrogen) atoms. The van der Waals surface area contributed by atoms with Gasteiger partial charge in [0.1, 0.15) is 5.82 Å². The Kier molecular flexibility index (Phi) is 4.24. The second-order valence-electron chi connectivity index (χ2n) is 5.54. The van der Waals surface area contributed by atoms with Crippen LogP contribution in [0.2, 0.25) is 0 Å². The number of hydrogen-bond donors (Lipinski definition) is 0. The molecule has 5 heteroatoms. The van der Waals surface area contributed by atoms with E-state index in [0.29, 0.717) is 0 Å². The quantitative estimate of drug-likeness (QED) is 0.867. The van der Waals surface area contributed by atoms with E-state index in [1.807, 2.05) is 25.3 Å². The molecule has 0 spiro atoms. The highest BCUT2D eigenvalue weighted by molar-refractivity contribution is 5.42. The molecule has 0 aliphatic carbocycles. The van der Waals surface area contributed by atoms with E-state index in [0.717, 1.165) is 43.4 Å². The van der Waals surface area contributed by atoms with E-state index in [-0.39, 0.29) is 0 Å². The number of aromatic nitrogens is 2. The molecule has 0 atom stereocenters. The summed E-state index contributed by atoms with van der Waals surface area (Å²) in [7, 11) is 3.32. The van der Waals surface area contributed by atoms with Crippen molar-refractivity contribution < 1.29 is 9.47 Å². The van der Waals surface area contributed by atoms with Gasteiger partial charge in [-0.05, 0) is 24.6 Å². The largest absolute Gasteiger partial charge is 0.493 e. The Balaban J connectivity index is 1.73. The molecule has 1 aliphatic heterocycles. The topological polar surface area (TPSA) is 47.5 Å². The zero-order valence-electron chi connectivity index (χ0n) is 13.3. The van der Waals surface area contributed by atoms with Crippen molar-refractivity contribution in [2.24, 2.45) is 0 Å². The summed E-state index contributed by atoms with van der Waals surface area (Å²) in [6.07, 6.45) is 2.93. The van der Waals surface area contributed by atoms with E-state index in [2.05, 4.69) is 20.9 Å². The minimum absolute atomic E-state index is 0.763. The fraction of sp³-hybridized carbons (Fsp3) is 0.412. The molecule has 1 aromatic carbocycles. The highest BCUT2D eigenvalue weighted by Gasteiger charge is 2.18. The Morgan fingerprint density at radius 3 is 2.77 bits per heavy atom. The van der Waals surface area contributed by atoms with Crippen LogP contribution in [0.3, 0.4) is 0 Å². The Labute approximate surface area is 130 Å². The van der Waals surface area contributed by atoms with Crippen LogP contribution in [-0.4, -0.2) is 35.6 Å². The molecule has 0 saturated carbocycles. The van der Waals surface area contributed by atoms with Crippen molar-refractivity contribution in [3.63, 3.8) is 0 Å². The molecule has 0 N–H and O–H groups in total. The molecule has 0 radical (unpaired) electrons. The first-order valence-electron chi connectivity index (χ1n) is 7.44. The lowest BCUT2D eigenvalue weighted by atomic mass is 10.1. The molecule has 0 amide bonds. The van der Waals surface area contributed by atoms with Gasteiger partial charge >= 0.3 is 0 Å². The van der Waals surface area contributed by atoms with Gasteiger partial charge in [-0.25, -0.2) is 9.97 Å². The van der Waals surface area contributed by atoms with Gasteiger partial charge < -0.3 is 9.47 Å². The molecule has 0 bridgehead atoms. The second-order valence-corrected chi connectivity index (χ2v) is 5.54. The molecule has 0 saturated heterocycles. The van der Waals surface area contributed by atoms with Gasteiger partial charge in [0.25, 0.3) is 0 Å². The molecule has 2 heterocycles. The molecule has 0 fully saturated rings. The lowest BCUT2D eigenvalue weighted by Crippen LogP contribution is -2.31. The van der Waals surface area contributed by atoms with Gasteiger partial charge in [-0.2, -0.15) is 0 Å². The van der Waals surface area contributed by atoms with Crippen LogP contribution in [-0.2, 0) is 19.5 Å². The number of ether oxygens (including phenoxy) is 2. The molecule has 1 aliphatic rings. The molecule has 1 aromatic heterocycles. The minimum atomic E-state index is 0.763. The number of benzene rings is 1. The molecule has 3 rings (SSSR count). The van der Waals surface area contributed by atoms with Crippen molar-refractivity contribution in [2.75, 3.05) is 20.8 Å². The normalized spacial score (nSPS) is 14.5. The molecule has 0 unspecified atom stereocenters. The van der Waals surface area contributed by atoms with E-state index >= 15 is 0 Å². The SMILES string of the molecule is COc1ccc(CN2CCc3nc(C)ncc3C2)cc1OC. The van der Waals surface area contributed by atoms with Crippen molar-refractivity contribution in [1.29, 1.82) is 0 Å².